The number of nitrogens with one attached hydrogen (secondary N) is 1. The highest BCUT2D eigenvalue weighted by atomic mass is 35.5. The third-order valence-electron chi connectivity index (χ3n) is 3.17. The van der Waals surface area contributed by atoms with Gasteiger partial charge in [0.2, 0.25) is 0 Å². The number of ether oxygens (including phenoxy) is 1. The number of hydrogen-bond acceptors (Lipinski definition) is 3. The summed E-state index contributed by atoms with van der Waals surface area (Å²) in [6, 6.07) is 6.59. The SMILES string of the molecule is CCCCCOc1c(Cl)cc(C(=O)Nc2cccnc2)cc1Cl. The molecule has 0 saturated heterocycles. The summed E-state index contributed by atoms with van der Waals surface area (Å²) in [4.78, 5) is 16.2. The third kappa shape index (κ3) is 5.12. The van der Waals surface area contributed by atoms with E-state index in [2.05, 4.69) is 17.2 Å². The highest BCUT2D eigenvalue weighted by molar-refractivity contribution is 6.37. The summed E-state index contributed by atoms with van der Waals surface area (Å²) in [7, 11) is 0. The van der Waals surface area contributed by atoms with Crippen molar-refractivity contribution in [1.29, 1.82) is 0 Å². The van der Waals surface area contributed by atoms with E-state index in [-0.39, 0.29) is 5.91 Å². The second kappa shape index (κ2) is 8.75. The number of carbonyl (C=O) groups excluding carboxylic acids is 1. The van der Waals surface area contributed by atoms with Crippen molar-refractivity contribution in [2.75, 3.05) is 11.9 Å². The molecule has 1 heterocycles. The van der Waals surface area contributed by atoms with E-state index in [0.717, 1.165) is 19.3 Å². The second-order valence-corrected chi connectivity index (χ2v) is 5.83. The number of nitrogens with zero attached hydrogens (tertiary/aromatic N) is 1. The van der Waals surface area contributed by atoms with Gasteiger partial charge in [0.05, 0.1) is 28.5 Å². The highest BCUT2D eigenvalue weighted by Crippen LogP contribution is 2.34. The zero-order valence-electron chi connectivity index (χ0n) is 12.8. The molecule has 23 heavy (non-hydrogen) atoms. The number of rotatable bonds is 7. The van der Waals surface area contributed by atoms with Crippen molar-refractivity contribution in [2.24, 2.45) is 0 Å². The van der Waals surface area contributed by atoms with Crippen molar-refractivity contribution in [1.82, 2.24) is 4.98 Å². The summed E-state index contributed by atoms with van der Waals surface area (Å²) >= 11 is 12.4. The fourth-order valence-electron chi connectivity index (χ4n) is 2.00. The smallest absolute Gasteiger partial charge is 0.255 e. The van der Waals surface area contributed by atoms with Crippen molar-refractivity contribution in [3.63, 3.8) is 0 Å². The van der Waals surface area contributed by atoms with Crippen molar-refractivity contribution < 1.29 is 9.53 Å². The lowest BCUT2D eigenvalue weighted by atomic mass is 10.2. The van der Waals surface area contributed by atoms with E-state index in [1.165, 1.54) is 0 Å². The molecule has 0 saturated carbocycles. The fourth-order valence-corrected chi connectivity index (χ4v) is 2.59. The van der Waals surface area contributed by atoms with Gasteiger partial charge in [-0.25, -0.2) is 0 Å². The number of carbonyl (C=O) groups is 1. The predicted octanol–water partition coefficient (Wildman–Crippen LogP) is 5.21. The molecule has 0 radical (unpaired) electrons. The van der Waals surface area contributed by atoms with Crippen LogP contribution in [0.15, 0.2) is 36.7 Å². The molecule has 0 atom stereocenters. The van der Waals surface area contributed by atoms with Gasteiger partial charge in [0.15, 0.2) is 5.75 Å². The van der Waals surface area contributed by atoms with E-state index in [1.54, 1.807) is 36.7 Å². The van der Waals surface area contributed by atoms with Crippen LogP contribution in [-0.4, -0.2) is 17.5 Å². The first-order valence-corrected chi connectivity index (χ1v) is 8.20. The highest BCUT2D eigenvalue weighted by Gasteiger charge is 2.14. The molecule has 1 aromatic carbocycles. The molecular formula is C17H18Cl2N2O2. The van der Waals surface area contributed by atoms with Gasteiger partial charge in [-0.3, -0.25) is 9.78 Å². The zero-order chi connectivity index (χ0) is 16.7. The van der Waals surface area contributed by atoms with Gasteiger partial charge in [0.25, 0.3) is 5.91 Å². The lowest BCUT2D eigenvalue weighted by Gasteiger charge is -2.12. The minimum Gasteiger partial charge on any atom is -0.490 e. The molecule has 2 rings (SSSR count). The van der Waals surface area contributed by atoms with Crippen LogP contribution in [-0.2, 0) is 0 Å². The number of aromatic nitrogens is 1. The van der Waals surface area contributed by atoms with Crippen LogP contribution in [0.1, 0.15) is 36.5 Å². The Morgan fingerprint density at radius 2 is 2.00 bits per heavy atom. The number of unbranched alkanes of at least 4 members (excludes halogenated alkanes) is 2. The molecule has 0 aliphatic carbocycles. The number of hydrogen-bond donors (Lipinski definition) is 1. The molecule has 1 aromatic heterocycles. The molecule has 0 unspecified atom stereocenters. The Labute approximate surface area is 145 Å². The van der Waals surface area contributed by atoms with Crippen LogP contribution < -0.4 is 10.1 Å². The molecular weight excluding hydrogens is 335 g/mol. The minimum atomic E-state index is -0.306. The maximum absolute atomic E-state index is 12.2. The molecule has 122 valence electrons. The number of benzene rings is 1. The van der Waals surface area contributed by atoms with E-state index in [9.17, 15) is 4.79 Å². The molecule has 4 nitrogen and oxygen atoms in total. The third-order valence-corrected chi connectivity index (χ3v) is 3.74. The molecule has 0 bridgehead atoms. The lowest BCUT2D eigenvalue weighted by molar-refractivity contribution is 0.102. The van der Waals surface area contributed by atoms with E-state index in [1.807, 2.05) is 0 Å². The molecule has 0 aliphatic heterocycles. The van der Waals surface area contributed by atoms with Crippen LogP contribution in [0.2, 0.25) is 10.0 Å². The Balaban J connectivity index is 2.07. The molecule has 0 spiro atoms. The number of amides is 1. The van der Waals surface area contributed by atoms with Crippen molar-refractivity contribution in [3.8, 4) is 5.75 Å². The Morgan fingerprint density at radius 1 is 1.26 bits per heavy atom. The first-order chi connectivity index (χ1) is 11.1. The van der Waals surface area contributed by atoms with Gasteiger partial charge in [-0.2, -0.15) is 0 Å². The molecule has 2 aromatic rings. The summed E-state index contributed by atoms with van der Waals surface area (Å²) in [6.07, 6.45) is 6.33. The number of halogens is 2. The largest absolute Gasteiger partial charge is 0.490 e. The van der Waals surface area contributed by atoms with Crippen LogP contribution >= 0.6 is 23.2 Å². The Bertz CT molecular complexity index is 640. The van der Waals surface area contributed by atoms with Crippen molar-refractivity contribution in [2.45, 2.75) is 26.2 Å². The van der Waals surface area contributed by atoms with E-state index >= 15 is 0 Å². The van der Waals surface area contributed by atoms with Gasteiger partial charge in [-0.05, 0) is 30.7 Å². The standard InChI is InChI=1S/C17H18Cl2N2O2/c1-2-3-4-8-23-16-14(18)9-12(10-15(16)19)17(22)21-13-6-5-7-20-11-13/h5-7,9-11H,2-4,8H2,1H3,(H,21,22). The molecule has 0 fully saturated rings. The van der Waals surface area contributed by atoms with Gasteiger partial charge in [0, 0.05) is 11.8 Å². The number of anilines is 1. The quantitative estimate of drug-likeness (QED) is 0.695. The van der Waals surface area contributed by atoms with Crippen LogP contribution in [0.25, 0.3) is 0 Å². The summed E-state index contributed by atoms with van der Waals surface area (Å²) in [5.41, 5.74) is 0.967. The van der Waals surface area contributed by atoms with Crippen LogP contribution in [0.3, 0.4) is 0 Å². The number of pyridine rings is 1. The zero-order valence-corrected chi connectivity index (χ0v) is 14.3. The van der Waals surface area contributed by atoms with Gasteiger partial charge in [-0.15, -0.1) is 0 Å². The second-order valence-electron chi connectivity index (χ2n) is 5.02. The van der Waals surface area contributed by atoms with E-state index < -0.39 is 0 Å². The molecule has 6 heteroatoms. The Kier molecular flexibility index (Phi) is 6.68. The fraction of sp³-hybridized carbons (Fsp3) is 0.294. The van der Waals surface area contributed by atoms with E-state index in [4.69, 9.17) is 27.9 Å². The first-order valence-electron chi connectivity index (χ1n) is 7.45. The topological polar surface area (TPSA) is 51.2 Å². The maximum atomic E-state index is 12.2. The average Bonchev–Trinajstić information content (AvgIpc) is 2.54. The van der Waals surface area contributed by atoms with Gasteiger partial charge >= 0.3 is 0 Å². The monoisotopic (exact) mass is 352 g/mol. The molecule has 1 N–H and O–H groups in total. The average molecular weight is 353 g/mol. The lowest BCUT2D eigenvalue weighted by Crippen LogP contribution is -2.12. The summed E-state index contributed by atoms with van der Waals surface area (Å²) in [6.45, 7) is 2.67. The van der Waals surface area contributed by atoms with Gasteiger partial charge in [0.1, 0.15) is 0 Å². The van der Waals surface area contributed by atoms with Crippen molar-refractivity contribution in [3.05, 3.63) is 52.3 Å². The normalized spacial score (nSPS) is 10.4. The van der Waals surface area contributed by atoms with Crippen molar-refractivity contribution >= 4 is 34.8 Å². The first kappa shape index (κ1) is 17.6. The minimum absolute atomic E-state index is 0.306. The Hall–Kier alpha value is -1.78. The van der Waals surface area contributed by atoms with E-state index in [0.29, 0.717) is 33.7 Å². The predicted molar refractivity (Wildman–Crippen MR) is 93.7 cm³/mol. The molecule has 0 aliphatic rings. The van der Waals surface area contributed by atoms with Gasteiger partial charge < -0.3 is 10.1 Å². The summed E-state index contributed by atoms with van der Waals surface area (Å²) < 4.78 is 5.62. The summed E-state index contributed by atoms with van der Waals surface area (Å²) in [5.74, 6) is 0.113. The maximum Gasteiger partial charge on any atom is 0.255 e. The Morgan fingerprint density at radius 3 is 2.61 bits per heavy atom. The van der Waals surface area contributed by atoms with Crippen LogP contribution in [0, 0.1) is 0 Å². The van der Waals surface area contributed by atoms with Crippen LogP contribution in [0.4, 0.5) is 5.69 Å². The molecule has 1 amide bonds. The van der Waals surface area contributed by atoms with Crippen LogP contribution in [0.5, 0.6) is 5.75 Å². The summed E-state index contributed by atoms with van der Waals surface area (Å²) in [5, 5.41) is 3.38. The van der Waals surface area contributed by atoms with Gasteiger partial charge in [-0.1, -0.05) is 43.0 Å².